The number of pyridine rings is 1. The van der Waals surface area contributed by atoms with Gasteiger partial charge in [-0.1, -0.05) is 23.7 Å². The van der Waals surface area contributed by atoms with Crippen LogP contribution in [0.15, 0.2) is 59.8 Å². The van der Waals surface area contributed by atoms with Gasteiger partial charge in [-0.15, -0.1) is 0 Å². The van der Waals surface area contributed by atoms with Gasteiger partial charge >= 0.3 is 0 Å². The van der Waals surface area contributed by atoms with Gasteiger partial charge in [0, 0.05) is 41.0 Å². The molecule has 1 aliphatic rings. The van der Waals surface area contributed by atoms with Crippen LogP contribution in [0.25, 0.3) is 11.1 Å². The third kappa shape index (κ3) is 5.50. The minimum atomic E-state index is 0.0221. The van der Waals surface area contributed by atoms with Crippen LogP contribution in [0.5, 0.6) is 5.75 Å². The van der Waals surface area contributed by atoms with E-state index in [-0.39, 0.29) is 5.91 Å². The number of methoxy groups -OCH3 is 1. The maximum atomic E-state index is 12.8. The maximum absolute atomic E-state index is 12.8. The van der Waals surface area contributed by atoms with Gasteiger partial charge in [0.05, 0.1) is 26.5 Å². The van der Waals surface area contributed by atoms with Crippen molar-refractivity contribution in [3.05, 3.63) is 76.4 Å². The first-order chi connectivity index (χ1) is 16.0. The number of rotatable bonds is 6. The van der Waals surface area contributed by atoms with E-state index in [1.165, 1.54) is 0 Å². The first-order valence-electron chi connectivity index (χ1n) is 10.6. The molecule has 1 aromatic heterocycles. The zero-order valence-corrected chi connectivity index (χ0v) is 19.3. The Kier molecular flexibility index (Phi) is 7.22. The molecule has 4 rings (SSSR count). The zero-order valence-electron chi connectivity index (χ0n) is 18.5. The molecule has 0 atom stereocenters. The number of hydrogen-bond donors (Lipinski definition) is 1. The average Bonchev–Trinajstić information content (AvgIpc) is 2.85. The normalized spacial score (nSPS) is 13.8. The van der Waals surface area contributed by atoms with E-state index in [0.717, 1.165) is 22.3 Å². The van der Waals surface area contributed by atoms with Crippen LogP contribution in [0.3, 0.4) is 0 Å². The van der Waals surface area contributed by atoms with Crippen molar-refractivity contribution in [2.75, 3.05) is 38.8 Å². The van der Waals surface area contributed by atoms with Gasteiger partial charge in [-0.3, -0.25) is 10.2 Å². The van der Waals surface area contributed by atoms with Crippen molar-refractivity contribution in [1.29, 1.82) is 0 Å². The van der Waals surface area contributed by atoms with Gasteiger partial charge in [0.15, 0.2) is 0 Å². The topological polar surface area (TPSA) is 76.0 Å². The van der Waals surface area contributed by atoms with Crippen molar-refractivity contribution in [2.45, 2.75) is 6.92 Å². The predicted octanol–water partition coefficient (Wildman–Crippen LogP) is 4.64. The number of hydrogen-bond acceptors (Lipinski definition) is 6. The molecule has 0 unspecified atom stereocenters. The van der Waals surface area contributed by atoms with Gasteiger partial charge in [-0.25, -0.2) is 4.98 Å². The third-order valence-electron chi connectivity index (χ3n) is 5.39. The summed E-state index contributed by atoms with van der Waals surface area (Å²) >= 11 is 6.07. The highest BCUT2D eigenvalue weighted by molar-refractivity contribution is 6.30. The van der Waals surface area contributed by atoms with Crippen LogP contribution in [-0.2, 0) is 4.74 Å². The molecule has 1 fully saturated rings. The summed E-state index contributed by atoms with van der Waals surface area (Å²) in [4.78, 5) is 19.2. The van der Waals surface area contributed by atoms with Crippen LogP contribution >= 0.6 is 11.6 Å². The molecule has 2 aromatic carbocycles. The molecule has 170 valence electrons. The average molecular weight is 465 g/mol. The molecule has 0 saturated carbocycles. The van der Waals surface area contributed by atoms with Crippen molar-refractivity contribution in [3.8, 4) is 16.9 Å². The lowest BCUT2D eigenvalue weighted by molar-refractivity contribution is 0.0303. The highest BCUT2D eigenvalue weighted by Gasteiger charge is 2.18. The number of nitrogens with one attached hydrogen (secondary N) is 1. The molecule has 1 amide bonds. The summed E-state index contributed by atoms with van der Waals surface area (Å²) in [5.41, 5.74) is 7.17. The molecular weight excluding hydrogens is 440 g/mol. The molecule has 0 aliphatic carbocycles. The smallest absolute Gasteiger partial charge is 0.254 e. The Balaban J connectivity index is 1.49. The number of benzene rings is 2. The molecule has 7 nitrogen and oxygen atoms in total. The lowest BCUT2D eigenvalue weighted by Crippen LogP contribution is -2.40. The standard InChI is InChI=1S/C25H25ClN4O3/c1-17-12-20(18-4-3-5-19(13-18)25(31)30-8-10-33-11-9-30)15-27-24(17)29-28-16-21-14-22(26)6-7-23(21)32-2/h3-7,12-16H,8-11H2,1-2H3,(H,27,29)/b28-16+. The SMILES string of the molecule is COc1ccc(Cl)cc1/C=N/Nc1ncc(-c2cccc(C(=O)N3CCOCC3)c2)cc1C. The van der Waals surface area contributed by atoms with Crippen molar-refractivity contribution in [2.24, 2.45) is 5.10 Å². The summed E-state index contributed by atoms with van der Waals surface area (Å²) in [6.45, 7) is 4.35. The number of carbonyl (C=O) groups excluding carboxylic acids is 1. The molecule has 33 heavy (non-hydrogen) atoms. The largest absolute Gasteiger partial charge is 0.496 e. The van der Waals surface area contributed by atoms with Gasteiger partial charge in [0.2, 0.25) is 0 Å². The van der Waals surface area contributed by atoms with E-state index in [1.54, 1.807) is 37.7 Å². The Hall–Kier alpha value is -3.42. The van der Waals surface area contributed by atoms with E-state index in [1.807, 2.05) is 42.2 Å². The van der Waals surface area contributed by atoms with Crippen molar-refractivity contribution < 1.29 is 14.3 Å². The van der Waals surface area contributed by atoms with Crippen LogP contribution in [-0.4, -0.2) is 55.4 Å². The fourth-order valence-electron chi connectivity index (χ4n) is 3.60. The summed E-state index contributed by atoms with van der Waals surface area (Å²) < 4.78 is 10.7. The summed E-state index contributed by atoms with van der Waals surface area (Å²) in [6.07, 6.45) is 3.41. The molecule has 1 aliphatic heterocycles. The Morgan fingerprint density at radius 2 is 2.00 bits per heavy atom. The van der Waals surface area contributed by atoms with Crippen molar-refractivity contribution in [1.82, 2.24) is 9.88 Å². The Morgan fingerprint density at radius 3 is 2.76 bits per heavy atom. The molecule has 3 aromatic rings. The van der Waals surface area contributed by atoms with Crippen LogP contribution < -0.4 is 10.2 Å². The second kappa shape index (κ2) is 10.5. The van der Waals surface area contributed by atoms with Gasteiger partial charge in [0.25, 0.3) is 5.91 Å². The number of anilines is 1. The summed E-state index contributed by atoms with van der Waals surface area (Å²) in [7, 11) is 1.60. The zero-order chi connectivity index (χ0) is 23.2. The Labute approximate surface area is 198 Å². The van der Waals surface area contributed by atoms with E-state index in [4.69, 9.17) is 21.1 Å². The van der Waals surface area contributed by atoms with E-state index in [0.29, 0.717) is 48.5 Å². The molecule has 0 radical (unpaired) electrons. The Morgan fingerprint density at radius 1 is 1.18 bits per heavy atom. The van der Waals surface area contributed by atoms with E-state index in [2.05, 4.69) is 15.5 Å². The predicted molar refractivity (Wildman–Crippen MR) is 130 cm³/mol. The highest BCUT2D eigenvalue weighted by Crippen LogP contribution is 2.25. The van der Waals surface area contributed by atoms with Crippen LogP contribution in [0.1, 0.15) is 21.5 Å². The first-order valence-corrected chi connectivity index (χ1v) is 11.0. The summed E-state index contributed by atoms with van der Waals surface area (Å²) in [6, 6.07) is 15.0. The monoisotopic (exact) mass is 464 g/mol. The van der Waals surface area contributed by atoms with Crippen LogP contribution in [0, 0.1) is 6.92 Å². The van der Waals surface area contributed by atoms with Gasteiger partial charge in [-0.2, -0.15) is 5.10 Å². The van der Waals surface area contributed by atoms with E-state index < -0.39 is 0 Å². The van der Waals surface area contributed by atoms with Gasteiger partial charge in [-0.05, 0) is 54.4 Å². The molecule has 0 spiro atoms. The van der Waals surface area contributed by atoms with E-state index in [9.17, 15) is 4.79 Å². The van der Waals surface area contributed by atoms with Gasteiger partial charge in [0.1, 0.15) is 11.6 Å². The third-order valence-corrected chi connectivity index (χ3v) is 5.62. The fraction of sp³-hybridized carbons (Fsp3) is 0.240. The second-order valence-electron chi connectivity index (χ2n) is 7.63. The number of hydrazone groups is 1. The number of nitrogens with zero attached hydrogens (tertiary/aromatic N) is 3. The highest BCUT2D eigenvalue weighted by atomic mass is 35.5. The van der Waals surface area contributed by atoms with E-state index >= 15 is 0 Å². The summed E-state index contributed by atoms with van der Waals surface area (Å²) in [5.74, 6) is 1.34. The number of carbonyl (C=O) groups is 1. The fourth-order valence-corrected chi connectivity index (χ4v) is 3.78. The molecular formula is C25H25ClN4O3. The number of amides is 1. The molecule has 2 heterocycles. The van der Waals surface area contributed by atoms with Crippen LogP contribution in [0.4, 0.5) is 5.82 Å². The number of aromatic nitrogens is 1. The lowest BCUT2D eigenvalue weighted by atomic mass is 10.0. The Bertz CT molecular complexity index is 1180. The first kappa shape index (κ1) is 22.8. The lowest BCUT2D eigenvalue weighted by Gasteiger charge is -2.27. The molecule has 0 bridgehead atoms. The van der Waals surface area contributed by atoms with Gasteiger partial charge < -0.3 is 14.4 Å². The van der Waals surface area contributed by atoms with Crippen molar-refractivity contribution in [3.63, 3.8) is 0 Å². The minimum absolute atomic E-state index is 0.0221. The van der Waals surface area contributed by atoms with Crippen molar-refractivity contribution >= 4 is 29.5 Å². The number of ether oxygens (including phenoxy) is 2. The minimum Gasteiger partial charge on any atom is -0.496 e. The maximum Gasteiger partial charge on any atom is 0.254 e. The number of aryl methyl sites for hydroxylation is 1. The molecule has 1 N–H and O–H groups in total. The molecule has 8 heteroatoms. The second-order valence-corrected chi connectivity index (χ2v) is 8.07. The molecule has 1 saturated heterocycles. The van der Waals surface area contributed by atoms with Crippen LogP contribution in [0.2, 0.25) is 5.02 Å². The number of morpholine rings is 1. The number of halogens is 1. The quantitative estimate of drug-likeness (QED) is 0.425. The summed E-state index contributed by atoms with van der Waals surface area (Å²) in [5, 5.41) is 4.88.